The average molecular weight is 397 g/mol. The molecule has 3 amide bonds. The van der Waals surface area contributed by atoms with Gasteiger partial charge in [0.15, 0.2) is 0 Å². The Morgan fingerprint density at radius 2 is 1.73 bits per heavy atom. The van der Waals surface area contributed by atoms with Crippen molar-refractivity contribution in [1.82, 2.24) is 4.90 Å². The molecule has 1 aromatic carbocycles. The van der Waals surface area contributed by atoms with Gasteiger partial charge in [-0.15, -0.1) is 0 Å². The highest BCUT2D eigenvalue weighted by Crippen LogP contribution is 2.40. The summed E-state index contributed by atoms with van der Waals surface area (Å²) in [5, 5.41) is 0.607. The number of amides is 3. The lowest BCUT2D eigenvalue weighted by Crippen LogP contribution is -2.31. The Morgan fingerprint density at radius 3 is 2.31 bits per heavy atom. The first kappa shape index (κ1) is 19.1. The molecule has 0 bridgehead atoms. The monoisotopic (exact) mass is 396 g/mol. The standard InChI is InChI=1S/C19H22Cl2N2O3/c1-11(2)17-18(24)23(19(25)22(17)3)15-10-16(14(21)9-13(15)20)26-12-7-5-4-6-8-12/h9-10,12H,4-8H2,1-3H3. The fourth-order valence-electron chi connectivity index (χ4n) is 3.49. The summed E-state index contributed by atoms with van der Waals surface area (Å²) in [5.41, 5.74) is 1.41. The van der Waals surface area contributed by atoms with E-state index in [1.54, 1.807) is 27.0 Å². The van der Waals surface area contributed by atoms with E-state index < -0.39 is 11.9 Å². The molecule has 2 aliphatic rings. The molecule has 1 aliphatic heterocycles. The molecule has 0 aromatic heterocycles. The van der Waals surface area contributed by atoms with Gasteiger partial charge < -0.3 is 4.74 Å². The van der Waals surface area contributed by atoms with Crippen LogP contribution in [0.4, 0.5) is 10.5 Å². The van der Waals surface area contributed by atoms with Gasteiger partial charge in [-0.05, 0) is 51.2 Å². The third-order valence-electron chi connectivity index (χ3n) is 4.78. The molecule has 2 fully saturated rings. The van der Waals surface area contributed by atoms with Crippen molar-refractivity contribution in [2.75, 3.05) is 11.9 Å². The Hall–Kier alpha value is -1.72. The first-order chi connectivity index (χ1) is 12.3. The SMILES string of the molecule is CC(C)=C1C(=O)N(c2cc(OC3CCCCC3)c(Cl)cc2Cl)C(=O)N1C. The summed E-state index contributed by atoms with van der Waals surface area (Å²) in [4.78, 5) is 27.8. The van der Waals surface area contributed by atoms with Gasteiger partial charge in [0.2, 0.25) is 0 Å². The fourth-order valence-corrected chi connectivity index (χ4v) is 4.00. The number of nitrogens with zero attached hydrogens (tertiary/aromatic N) is 2. The molecule has 0 unspecified atom stereocenters. The number of hydrogen-bond acceptors (Lipinski definition) is 3. The lowest BCUT2D eigenvalue weighted by Gasteiger charge is -2.24. The van der Waals surface area contributed by atoms with Crippen molar-refractivity contribution in [1.29, 1.82) is 0 Å². The number of halogens is 2. The molecule has 0 radical (unpaired) electrons. The number of ether oxygens (including phenoxy) is 1. The van der Waals surface area contributed by atoms with E-state index >= 15 is 0 Å². The van der Waals surface area contributed by atoms with E-state index in [0.717, 1.165) is 36.2 Å². The van der Waals surface area contributed by atoms with Crippen LogP contribution < -0.4 is 9.64 Å². The van der Waals surface area contributed by atoms with Crippen molar-refractivity contribution >= 4 is 40.8 Å². The van der Waals surface area contributed by atoms with Gasteiger partial charge in [-0.3, -0.25) is 9.69 Å². The molecule has 26 heavy (non-hydrogen) atoms. The van der Waals surface area contributed by atoms with E-state index in [-0.39, 0.29) is 11.1 Å². The van der Waals surface area contributed by atoms with Crippen LogP contribution in [0.2, 0.25) is 10.0 Å². The number of anilines is 1. The minimum atomic E-state index is -0.445. The van der Waals surface area contributed by atoms with Gasteiger partial charge >= 0.3 is 6.03 Å². The molecule has 1 heterocycles. The number of likely N-dealkylation sites (N-methyl/N-ethyl adjacent to an activating group) is 1. The third kappa shape index (κ3) is 3.42. The van der Waals surface area contributed by atoms with Crippen LogP contribution in [0.25, 0.3) is 0 Å². The quantitative estimate of drug-likeness (QED) is 0.507. The zero-order valence-electron chi connectivity index (χ0n) is 15.1. The van der Waals surface area contributed by atoms with Crippen LogP contribution in [0.5, 0.6) is 5.75 Å². The molecule has 140 valence electrons. The van der Waals surface area contributed by atoms with Crippen LogP contribution in [-0.4, -0.2) is 30.0 Å². The maximum atomic E-state index is 12.8. The average Bonchev–Trinajstić information content (AvgIpc) is 2.81. The van der Waals surface area contributed by atoms with Gasteiger partial charge in [-0.25, -0.2) is 9.69 Å². The van der Waals surface area contributed by atoms with E-state index in [4.69, 9.17) is 27.9 Å². The molecule has 1 aromatic rings. The van der Waals surface area contributed by atoms with E-state index in [9.17, 15) is 9.59 Å². The van der Waals surface area contributed by atoms with Crippen LogP contribution in [0.1, 0.15) is 46.0 Å². The summed E-state index contributed by atoms with van der Waals surface area (Å²) in [6, 6.07) is 2.67. The van der Waals surface area contributed by atoms with Gasteiger partial charge in [0.25, 0.3) is 5.91 Å². The number of benzene rings is 1. The maximum absolute atomic E-state index is 12.8. The second-order valence-corrected chi connectivity index (χ2v) is 7.76. The molecule has 5 nitrogen and oxygen atoms in total. The topological polar surface area (TPSA) is 49.9 Å². The van der Waals surface area contributed by atoms with Gasteiger partial charge in [0.1, 0.15) is 11.4 Å². The lowest BCUT2D eigenvalue weighted by atomic mass is 9.98. The number of allylic oxidation sites excluding steroid dienone is 1. The Bertz CT molecular complexity index is 781. The van der Waals surface area contributed by atoms with E-state index in [1.807, 2.05) is 0 Å². The first-order valence-corrected chi connectivity index (χ1v) is 9.52. The lowest BCUT2D eigenvalue weighted by molar-refractivity contribution is -0.114. The van der Waals surface area contributed by atoms with Crippen LogP contribution in [0, 0.1) is 0 Å². The number of imide groups is 1. The molecule has 0 N–H and O–H groups in total. The molecule has 7 heteroatoms. The van der Waals surface area contributed by atoms with Crippen molar-refractivity contribution in [2.24, 2.45) is 0 Å². The molecule has 3 rings (SSSR count). The second-order valence-electron chi connectivity index (χ2n) is 6.94. The van der Waals surface area contributed by atoms with Gasteiger partial charge in [0.05, 0.1) is 21.8 Å². The summed E-state index contributed by atoms with van der Waals surface area (Å²) in [5.74, 6) is 0.0530. The molecular formula is C19H22Cl2N2O3. The maximum Gasteiger partial charge on any atom is 0.336 e. The van der Waals surface area contributed by atoms with Gasteiger partial charge in [0, 0.05) is 13.1 Å². The smallest absolute Gasteiger partial charge is 0.336 e. The number of urea groups is 1. The van der Waals surface area contributed by atoms with Crippen molar-refractivity contribution in [2.45, 2.75) is 52.1 Å². The molecule has 1 saturated heterocycles. The molecular weight excluding hydrogens is 375 g/mol. The largest absolute Gasteiger partial charge is 0.489 e. The number of carbonyl (C=O) groups excluding carboxylic acids is 2. The van der Waals surface area contributed by atoms with E-state index in [1.165, 1.54) is 17.4 Å². The fraction of sp³-hybridized carbons (Fsp3) is 0.474. The summed E-state index contributed by atoms with van der Waals surface area (Å²) in [6.45, 7) is 3.59. The Labute approximate surface area is 163 Å². The minimum absolute atomic E-state index is 0.0938. The molecule has 0 spiro atoms. The van der Waals surface area contributed by atoms with Crippen LogP contribution >= 0.6 is 23.2 Å². The molecule has 1 aliphatic carbocycles. The van der Waals surface area contributed by atoms with Crippen molar-refractivity contribution in [3.05, 3.63) is 33.4 Å². The third-order valence-corrected chi connectivity index (χ3v) is 5.38. The first-order valence-electron chi connectivity index (χ1n) is 8.76. The van der Waals surface area contributed by atoms with Crippen LogP contribution in [-0.2, 0) is 4.79 Å². The summed E-state index contributed by atoms with van der Waals surface area (Å²) < 4.78 is 6.05. The zero-order chi connectivity index (χ0) is 19.0. The highest BCUT2D eigenvalue weighted by Gasteiger charge is 2.41. The minimum Gasteiger partial charge on any atom is -0.489 e. The highest BCUT2D eigenvalue weighted by molar-refractivity contribution is 6.39. The predicted octanol–water partition coefficient (Wildman–Crippen LogP) is 5.40. The summed E-state index contributed by atoms with van der Waals surface area (Å²) in [6.07, 6.45) is 5.51. The van der Waals surface area contributed by atoms with Crippen LogP contribution in [0.15, 0.2) is 23.4 Å². The Balaban J connectivity index is 1.97. The van der Waals surface area contributed by atoms with Gasteiger partial charge in [-0.1, -0.05) is 29.6 Å². The van der Waals surface area contributed by atoms with Crippen molar-refractivity contribution < 1.29 is 14.3 Å². The number of hydrogen-bond donors (Lipinski definition) is 0. The van der Waals surface area contributed by atoms with Gasteiger partial charge in [-0.2, -0.15) is 0 Å². The summed E-state index contributed by atoms with van der Waals surface area (Å²) >= 11 is 12.6. The van der Waals surface area contributed by atoms with Crippen molar-refractivity contribution in [3.8, 4) is 5.75 Å². The van der Waals surface area contributed by atoms with Crippen LogP contribution in [0.3, 0.4) is 0 Å². The highest BCUT2D eigenvalue weighted by atomic mass is 35.5. The second kappa shape index (κ2) is 7.49. The van der Waals surface area contributed by atoms with Crippen molar-refractivity contribution in [3.63, 3.8) is 0 Å². The summed E-state index contributed by atoms with van der Waals surface area (Å²) in [7, 11) is 1.58. The Kier molecular flexibility index (Phi) is 5.49. The number of carbonyl (C=O) groups is 2. The number of rotatable bonds is 3. The van der Waals surface area contributed by atoms with E-state index in [2.05, 4.69) is 0 Å². The molecule has 0 atom stereocenters. The van der Waals surface area contributed by atoms with E-state index in [0.29, 0.717) is 22.2 Å². The molecule has 1 saturated carbocycles. The zero-order valence-corrected chi connectivity index (χ0v) is 16.7. The predicted molar refractivity (Wildman–Crippen MR) is 103 cm³/mol. The normalized spacial score (nSPS) is 18.7. The Morgan fingerprint density at radius 1 is 1.08 bits per heavy atom.